The average Bonchev–Trinajstić information content (AvgIpc) is 2.36. The predicted molar refractivity (Wildman–Crippen MR) is 66.0 cm³/mol. The fraction of sp³-hybridized carbons (Fsp3) is 0. The molecule has 0 saturated heterocycles. The van der Waals surface area contributed by atoms with Crippen LogP contribution in [-0.4, -0.2) is 9.99 Å². The van der Waals surface area contributed by atoms with Crippen molar-refractivity contribution in [3.05, 3.63) is 58.6 Å². The highest BCUT2D eigenvalue weighted by molar-refractivity contribution is 7.85. The van der Waals surface area contributed by atoms with Crippen LogP contribution in [0.2, 0.25) is 5.02 Å². The third-order valence-electron chi connectivity index (χ3n) is 2.73. The number of rotatable bonds is 0. The number of halogens is 1. The molecule has 0 N–H and O–H groups in total. The molecule has 4 heteroatoms. The van der Waals surface area contributed by atoms with E-state index in [2.05, 4.69) is 0 Å². The minimum Gasteiger partial charge on any atom is -0.288 e. The van der Waals surface area contributed by atoms with Gasteiger partial charge < -0.3 is 0 Å². The number of carbonyl (C=O) groups is 1. The van der Waals surface area contributed by atoms with E-state index < -0.39 is 10.8 Å². The first-order valence-corrected chi connectivity index (χ1v) is 6.57. The third kappa shape index (κ3) is 1.47. The van der Waals surface area contributed by atoms with Gasteiger partial charge in [0.05, 0.1) is 31.2 Å². The molecule has 0 aromatic heterocycles. The number of benzene rings is 2. The Labute approximate surface area is 106 Å². The van der Waals surface area contributed by atoms with Crippen LogP contribution in [0.25, 0.3) is 0 Å². The van der Waals surface area contributed by atoms with Gasteiger partial charge in [0.1, 0.15) is 0 Å². The molecular weight excluding hydrogens is 256 g/mol. The van der Waals surface area contributed by atoms with Gasteiger partial charge in [-0.1, -0.05) is 29.8 Å². The molecule has 1 heterocycles. The average molecular weight is 263 g/mol. The first-order chi connectivity index (χ1) is 8.20. The number of ketones is 1. The highest BCUT2D eigenvalue weighted by Crippen LogP contribution is 2.34. The van der Waals surface area contributed by atoms with Crippen LogP contribution in [-0.2, 0) is 10.8 Å². The summed E-state index contributed by atoms with van der Waals surface area (Å²) in [4.78, 5) is 13.3. The second-order valence-corrected chi connectivity index (χ2v) is 5.53. The number of hydrogen-bond acceptors (Lipinski definition) is 2. The monoisotopic (exact) mass is 262 g/mol. The van der Waals surface area contributed by atoms with Crippen molar-refractivity contribution in [2.75, 3.05) is 0 Å². The summed E-state index contributed by atoms with van der Waals surface area (Å²) in [5.41, 5.74) is 0.845. The zero-order chi connectivity index (χ0) is 12.0. The van der Waals surface area contributed by atoms with Crippen LogP contribution in [0.3, 0.4) is 0 Å². The molecule has 0 spiro atoms. The maximum Gasteiger partial charge on any atom is 0.196 e. The number of carbonyl (C=O) groups excluding carboxylic acids is 1. The van der Waals surface area contributed by atoms with Crippen LogP contribution in [0.1, 0.15) is 15.9 Å². The molecule has 0 bridgehead atoms. The van der Waals surface area contributed by atoms with Crippen molar-refractivity contribution in [1.82, 2.24) is 0 Å². The summed E-state index contributed by atoms with van der Waals surface area (Å²) in [6, 6.07) is 12.0. The van der Waals surface area contributed by atoms with Gasteiger partial charge in [0.25, 0.3) is 0 Å². The standard InChI is InChI=1S/C13H7ClO2S/c14-9-5-3-7-11-12(9)13(15)8-4-1-2-6-10(8)17(11)16/h1-7H. The quantitative estimate of drug-likeness (QED) is 0.624. The molecule has 17 heavy (non-hydrogen) atoms. The third-order valence-corrected chi connectivity index (χ3v) is 4.54. The molecule has 0 radical (unpaired) electrons. The van der Waals surface area contributed by atoms with E-state index in [1.165, 1.54) is 0 Å². The van der Waals surface area contributed by atoms with E-state index in [0.717, 1.165) is 0 Å². The van der Waals surface area contributed by atoms with E-state index >= 15 is 0 Å². The maximum atomic E-state index is 12.3. The van der Waals surface area contributed by atoms with Crippen LogP contribution in [0.5, 0.6) is 0 Å². The molecular formula is C13H7ClO2S. The lowest BCUT2D eigenvalue weighted by atomic mass is 10.0. The SMILES string of the molecule is O=C1c2ccccc2S(=O)c2cccc(Cl)c21. The lowest BCUT2D eigenvalue weighted by Crippen LogP contribution is -2.16. The topological polar surface area (TPSA) is 34.1 Å². The molecule has 3 rings (SSSR count). The lowest BCUT2D eigenvalue weighted by Gasteiger charge is -2.18. The molecule has 1 unspecified atom stereocenters. The zero-order valence-electron chi connectivity index (χ0n) is 8.64. The van der Waals surface area contributed by atoms with E-state index in [-0.39, 0.29) is 5.78 Å². The molecule has 2 aromatic rings. The normalized spacial score (nSPS) is 17.5. The van der Waals surface area contributed by atoms with Crippen LogP contribution in [0.4, 0.5) is 0 Å². The lowest BCUT2D eigenvalue weighted by molar-refractivity contribution is 0.103. The predicted octanol–water partition coefficient (Wildman–Crippen LogP) is 3.05. The Kier molecular flexibility index (Phi) is 2.38. The summed E-state index contributed by atoms with van der Waals surface area (Å²) < 4.78 is 12.3. The summed E-state index contributed by atoms with van der Waals surface area (Å²) in [5, 5.41) is 0.357. The van der Waals surface area contributed by atoms with Crippen molar-refractivity contribution >= 4 is 28.2 Å². The minimum absolute atomic E-state index is 0.152. The molecule has 0 amide bonds. The summed E-state index contributed by atoms with van der Waals surface area (Å²) in [5.74, 6) is -0.152. The summed E-state index contributed by atoms with van der Waals surface area (Å²) in [6.45, 7) is 0. The van der Waals surface area contributed by atoms with Gasteiger partial charge in [-0.25, -0.2) is 4.21 Å². The largest absolute Gasteiger partial charge is 0.288 e. The van der Waals surface area contributed by atoms with Crippen LogP contribution in [0, 0.1) is 0 Å². The number of fused-ring (bicyclic) bond motifs is 2. The number of hydrogen-bond donors (Lipinski definition) is 0. The smallest absolute Gasteiger partial charge is 0.196 e. The van der Waals surface area contributed by atoms with Gasteiger partial charge in [0.2, 0.25) is 0 Å². The minimum atomic E-state index is -1.33. The Balaban J connectivity index is 2.37. The van der Waals surface area contributed by atoms with Gasteiger partial charge in [-0.2, -0.15) is 0 Å². The first-order valence-electron chi connectivity index (χ1n) is 5.04. The molecule has 1 aliphatic heterocycles. The second kappa shape index (κ2) is 3.79. The van der Waals surface area contributed by atoms with Crippen LogP contribution >= 0.6 is 11.6 Å². The van der Waals surface area contributed by atoms with E-state index in [0.29, 0.717) is 25.9 Å². The van der Waals surface area contributed by atoms with Crippen molar-refractivity contribution in [2.24, 2.45) is 0 Å². The molecule has 1 aliphatic rings. The Hall–Kier alpha value is -1.45. The summed E-state index contributed by atoms with van der Waals surface area (Å²) in [7, 11) is -1.33. The van der Waals surface area contributed by atoms with Gasteiger partial charge >= 0.3 is 0 Å². The molecule has 0 aliphatic carbocycles. The van der Waals surface area contributed by atoms with Gasteiger partial charge in [-0.05, 0) is 24.3 Å². The Morgan fingerprint density at radius 2 is 1.65 bits per heavy atom. The first kappa shape index (κ1) is 10.7. The Morgan fingerprint density at radius 1 is 0.941 bits per heavy atom. The molecule has 84 valence electrons. The van der Waals surface area contributed by atoms with E-state index in [9.17, 15) is 9.00 Å². The van der Waals surface area contributed by atoms with Crippen molar-refractivity contribution in [3.8, 4) is 0 Å². The molecule has 2 aromatic carbocycles. The maximum absolute atomic E-state index is 12.3. The van der Waals surface area contributed by atoms with Crippen molar-refractivity contribution in [2.45, 2.75) is 9.79 Å². The van der Waals surface area contributed by atoms with E-state index in [4.69, 9.17) is 11.6 Å². The molecule has 0 saturated carbocycles. The van der Waals surface area contributed by atoms with Crippen molar-refractivity contribution < 1.29 is 9.00 Å². The van der Waals surface area contributed by atoms with Crippen LogP contribution < -0.4 is 0 Å². The summed E-state index contributed by atoms with van der Waals surface area (Å²) in [6.07, 6.45) is 0. The van der Waals surface area contributed by atoms with Gasteiger partial charge in [0, 0.05) is 5.56 Å². The zero-order valence-corrected chi connectivity index (χ0v) is 10.2. The van der Waals surface area contributed by atoms with Crippen LogP contribution in [0.15, 0.2) is 52.3 Å². The van der Waals surface area contributed by atoms with Gasteiger partial charge in [-0.3, -0.25) is 4.79 Å². The fourth-order valence-corrected chi connectivity index (χ4v) is 3.65. The fourth-order valence-electron chi connectivity index (χ4n) is 1.95. The second-order valence-electron chi connectivity index (χ2n) is 3.71. The Morgan fingerprint density at radius 3 is 2.47 bits per heavy atom. The summed E-state index contributed by atoms with van der Waals surface area (Å²) >= 11 is 6.01. The molecule has 0 fully saturated rings. The van der Waals surface area contributed by atoms with E-state index in [1.54, 1.807) is 42.5 Å². The van der Waals surface area contributed by atoms with Gasteiger partial charge in [-0.15, -0.1) is 0 Å². The van der Waals surface area contributed by atoms with E-state index in [1.807, 2.05) is 0 Å². The van der Waals surface area contributed by atoms with Crippen molar-refractivity contribution in [1.29, 1.82) is 0 Å². The highest BCUT2D eigenvalue weighted by atomic mass is 35.5. The van der Waals surface area contributed by atoms with Gasteiger partial charge in [0.15, 0.2) is 5.78 Å². The Bertz CT molecular complexity index is 664. The highest BCUT2D eigenvalue weighted by Gasteiger charge is 2.29. The molecule has 1 atom stereocenters. The van der Waals surface area contributed by atoms with Crippen molar-refractivity contribution in [3.63, 3.8) is 0 Å². The molecule has 2 nitrogen and oxygen atoms in total.